The van der Waals surface area contributed by atoms with Gasteiger partial charge < -0.3 is 0 Å². The molecular weight excluding hydrogens is 341 g/mol. The van der Waals surface area contributed by atoms with Crippen LogP contribution in [0.2, 0.25) is 0 Å². The minimum atomic E-state index is -3.68. The molecule has 0 radical (unpaired) electrons. The summed E-state index contributed by atoms with van der Waals surface area (Å²) in [4.78, 5) is 0. The summed E-state index contributed by atoms with van der Waals surface area (Å²) in [5.74, 6) is -0.444. The van der Waals surface area contributed by atoms with Crippen molar-refractivity contribution in [3.8, 4) is 0 Å². The van der Waals surface area contributed by atoms with E-state index in [1.807, 2.05) is 0 Å². The summed E-state index contributed by atoms with van der Waals surface area (Å²) in [6.45, 7) is 1.52. The van der Waals surface area contributed by atoms with Gasteiger partial charge in [-0.05, 0) is 46.4 Å². The first kappa shape index (κ1) is 13.5. The maximum atomic E-state index is 13.3. The molecule has 0 fully saturated rings. The zero-order valence-corrected chi connectivity index (χ0v) is 12.5. The van der Waals surface area contributed by atoms with Crippen LogP contribution in [0.1, 0.15) is 5.56 Å². The van der Waals surface area contributed by atoms with Gasteiger partial charge in [0, 0.05) is 10.0 Å². The maximum Gasteiger partial charge on any atom is 0.272 e. The number of anilines is 1. The first-order valence-electron chi connectivity index (χ1n) is 4.93. The van der Waals surface area contributed by atoms with Crippen molar-refractivity contribution in [1.82, 2.24) is 0 Å². The van der Waals surface area contributed by atoms with Crippen molar-refractivity contribution in [1.29, 1.82) is 0 Å². The second-order valence-corrected chi connectivity index (χ2v) is 7.22. The van der Waals surface area contributed by atoms with E-state index in [9.17, 15) is 12.8 Å². The van der Waals surface area contributed by atoms with Gasteiger partial charge >= 0.3 is 0 Å². The van der Waals surface area contributed by atoms with Crippen LogP contribution in [0.3, 0.4) is 0 Å². The first-order chi connectivity index (χ1) is 8.42. The summed E-state index contributed by atoms with van der Waals surface area (Å²) in [5.41, 5.74) is 0.518. The van der Waals surface area contributed by atoms with Gasteiger partial charge in [0.2, 0.25) is 0 Å². The van der Waals surface area contributed by atoms with E-state index < -0.39 is 15.8 Å². The average Bonchev–Trinajstić information content (AvgIpc) is 2.72. The summed E-state index contributed by atoms with van der Waals surface area (Å²) < 4.78 is 40.6. The molecular formula is C11H9BrFNO2S2. The molecule has 18 heavy (non-hydrogen) atoms. The van der Waals surface area contributed by atoms with Crippen LogP contribution in [0.15, 0.2) is 38.3 Å². The number of hydrogen-bond acceptors (Lipinski definition) is 3. The summed E-state index contributed by atoms with van der Waals surface area (Å²) in [6.07, 6.45) is 0. The van der Waals surface area contributed by atoms with Gasteiger partial charge in [-0.15, -0.1) is 11.3 Å². The molecule has 2 aromatic rings. The van der Waals surface area contributed by atoms with E-state index >= 15 is 0 Å². The second-order valence-electron chi connectivity index (χ2n) is 3.57. The zero-order valence-electron chi connectivity index (χ0n) is 9.28. The van der Waals surface area contributed by atoms with E-state index in [2.05, 4.69) is 20.7 Å². The predicted molar refractivity (Wildman–Crippen MR) is 74.0 cm³/mol. The Bertz CT molecular complexity index is 682. The minimum Gasteiger partial charge on any atom is -0.279 e. The monoisotopic (exact) mass is 349 g/mol. The van der Waals surface area contributed by atoms with Gasteiger partial charge in [-0.3, -0.25) is 4.72 Å². The molecule has 3 nitrogen and oxygen atoms in total. The highest BCUT2D eigenvalue weighted by atomic mass is 79.9. The number of rotatable bonds is 3. The van der Waals surface area contributed by atoms with Crippen molar-refractivity contribution in [2.75, 3.05) is 4.72 Å². The molecule has 0 amide bonds. The van der Waals surface area contributed by atoms with Crippen LogP contribution in [0.5, 0.6) is 0 Å². The van der Waals surface area contributed by atoms with Crippen LogP contribution < -0.4 is 4.72 Å². The van der Waals surface area contributed by atoms with Crippen LogP contribution >= 0.6 is 27.3 Å². The Morgan fingerprint density at radius 1 is 1.33 bits per heavy atom. The maximum absolute atomic E-state index is 13.3. The van der Waals surface area contributed by atoms with Crippen LogP contribution in [0, 0.1) is 12.7 Å². The van der Waals surface area contributed by atoms with E-state index in [1.54, 1.807) is 11.4 Å². The molecule has 0 atom stereocenters. The van der Waals surface area contributed by atoms with Crippen molar-refractivity contribution in [2.24, 2.45) is 0 Å². The molecule has 1 heterocycles. The van der Waals surface area contributed by atoms with Gasteiger partial charge in [-0.2, -0.15) is 0 Å². The Kier molecular flexibility index (Phi) is 3.74. The topological polar surface area (TPSA) is 46.2 Å². The van der Waals surface area contributed by atoms with E-state index in [-0.39, 0.29) is 15.5 Å². The van der Waals surface area contributed by atoms with Gasteiger partial charge in [0.15, 0.2) is 4.21 Å². The van der Waals surface area contributed by atoms with Crippen molar-refractivity contribution >= 4 is 43.0 Å². The van der Waals surface area contributed by atoms with Gasteiger partial charge in [0.1, 0.15) is 5.82 Å². The van der Waals surface area contributed by atoms with Gasteiger partial charge in [-0.1, -0.05) is 6.07 Å². The summed E-state index contributed by atoms with van der Waals surface area (Å²) >= 11 is 4.26. The highest BCUT2D eigenvalue weighted by Crippen LogP contribution is 2.30. The van der Waals surface area contributed by atoms with Crippen molar-refractivity contribution in [3.63, 3.8) is 0 Å². The molecule has 0 aliphatic heterocycles. The fourth-order valence-electron chi connectivity index (χ4n) is 1.38. The molecule has 96 valence electrons. The highest BCUT2D eigenvalue weighted by molar-refractivity contribution is 9.10. The van der Waals surface area contributed by atoms with E-state index in [4.69, 9.17) is 0 Å². The summed E-state index contributed by atoms with van der Waals surface area (Å²) in [7, 11) is -3.68. The number of halogens is 2. The van der Waals surface area contributed by atoms with Crippen LogP contribution in [0.4, 0.5) is 10.1 Å². The Balaban J connectivity index is 2.40. The van der Waals surface area contributed by atoms with Gasteiger partial charge in [0.05, 0.1) is 5.69 Å². The number of thiophene rings is 1. The Morgan fingerprint density at radius 3 is 2.67 bits per heavy atom. The van der Waals surface area contributed by atoms with Crippen molar-refractivity contribution in [2.45, 2.75) is 11.1 Å². The quantitative estimate of drug-likeness (QED) is 0.916. The van der Waals surface area contributed by atoms with Gasteiger partial charge in [-0.25, -0.2) is 12.8 Å². The lowest BCUT2D eigenvalue weighted by molar-refractivity contribution is 0.602. The number of benzene rings is 1. The number of nitrogens with one attached hydrogen (secondary N) is 1. The van der Waals surface area contributed by atoms with Crippen LogP contribution in [-0.2, 0) is 10.0 Å². The van der Waals surface area contributed by atoms with E-state index in [0.717, 1.165) is 11.3 Å². The molecule has 1 N–H and O–H groups in total. The standard InChI is InChI=1S/C11H9BrFNO2S2/c1-7-9(13)3-2-4-10(7)14-18(15,16)11-8(12)5-6-17-11/h2-6,14H,1H3. The molecule has 0 aliphatic carbocycles. The molecule has 0 spiro atoms. The lowest BCUT2D eigenvalue weighted by atomic mass is 10.2. The third kappa shape index (κ3) is 2.57. The van der Waals surface area contributed by atoms with Crippen molar-refractivity contribution in [3.05, 3.63) is 45.5 Å². The molecule has 0 unspecified atom stereocenters. The second kappa shape index (κ2) is 4.99. The van der Waals surface area contributed by atoms with Gasteiger partial charge in [0.25, 0.3) is 10.0 Å². The molecule has 1 aromatic heterocycles. The average molecular weight is 350 g/mol. The van der Waals surface area contributed by atoms with E-state index in [1.165, 1.54) is 25.1 Å². The minimum absolute atomic E-state index is 0.172. The largest absolute Gasteiger partial charge is 0.279 e. The molecule has 0 bridgehead atoms. The molecule has 0 aliphatic rings. The summed E-state index contributed by atoms with van der Waals surface area (Å²) in [6, 6.07) is 5.92. The third-order valence-electron chi connectivity index (χ3n) is 2.34. The zero-order chi connectivity index (χ0) is 13.3. The first-order valence-corrected chi connectivity index (χ1v) is 8.08. The Hall–Kier alpha value is -0.920. The van der Waals surface area contributed by atoms with Crippen LogP contribution in [-0.4, -0.2) is 8.42 Å². The predicted octanol–water partition coefficient (Wildman–Crippen LogP) is 3.76. The highest BCUT2D eigenvalue weighted by Gasteiger charge is 2.20. The lowest BCUT2D eigenvalue weighted by Crippen LogP contribution is -2.13. The molecule has 1 aromatic carbocycles. The Morgan fingerprint density at radius 2 is 2.06 bits per heavy atom. The summed E-state index contributed by atoms with van der Waals surface area (Å²) in [5, 5.41) is 1.66. The van der Waals surface area contributed by atoms with E-state index in [0.29, 0.717) is 4.47 Å². The molecule has 0 saturated heterocycles. The third-order valence-corrected chi connectivity index (χ3v) is 6.38. The Labute approximate surface area is 117 Å². The van der Waals surface area contributed by atoms with Crippen LogP contribution in [0.25, 0.3) is 0 Å². The normalized spacial score (nSPS) is 11.5. The molecule has 2 rings (SSSR count). The fraction of sp³-hybridized carbons (Fsp3) is 0.0909. The lowest BCUT2D eigenvalue weighted by Gasteiger charge is -2.10. The number of hydrogen-bond donors (Lipinski definition) is 1. The van der Waals surface area contributed by atoms with Crippen molar-refractivity contribution < 1.29 is 12.8 Å². The smallest absolute Gasteiger partial charge is 0.272 e. The molecule has 7 heteroatoms. The fourth-order valence-corrected chi connectivity index (χ4v) is 4.84. The molecule has 0 saturated carbocycles. The SMILES string of the molecule is Cc1c(F)cccc1NS(=O)(=O)c1sccc1Br. The number of sulfonamides is 1.